The van der Waals surface area contributed by atoms with E-state index >= 15 is 0 Å². The van der Waals surface area contributed by atoms with E-state index in [1.54, 1.807) is 24.3 Å². The molecule has 0 saturated heterocycles. The van der Waals surface area contributed by atoms with E-state index in [1.165, 1.54) is 0 Å². The smallest absolute Gasteiger partial charge is 0.314 e. The van der Waals surface area contributed by atoms with Gasteiger partial charge >= 0.3 is 5.97 Å². The Kier molecular flexibility index (Phi) is 2.19. The van der Waals surface area contributed by atoms with Gasteiger partial charge in [-0.2, -0.15) is 5.26 Å². The van der Waals surface area contributed by atoms with Crippen molar-refractivity contribution in [3.8, 4) is 11.8 Å². The van der Waals surface area contributed by atoms with Crippen LogP contribution in [0.3, 0.4) is 0 Å². The van der Waals surface area contributed by atoms with Gasteiger partial charge in [-0.25, -0.2) is 0 Å². The summed E-state index contributed by atoms with van der Waals surface area (Å²) in [6.45, 7) is 0. The molecule has 1 saturated carbocycles. The Morgan fingerprint density at radius 3 is 2.93 bits per heavy atom. The van der Waals surface area contributed by atoms with Crippen LogP contribution in [0.25, 0.3) is 0 Å². The average Bonchev–Trinajstić information content (AvgIpc) is 3.01. The van der Waals surface area contributed by atoms with Crippen LogP contribution in [-0.4, -0.2) is 5.97 Å². The quantitative estimate of drug-likeness (QED) is 0.524. The highest BCUT2D eigenvalue weighted by Crippen LogP contribution is 2.30. The van der Waals surface area contributed by atoms with Gasteiger partial charge in [-0.3, -0.25) is 4.79 Å². The number of rotatable bonds is 2. The molecule has 3 heteroatoms. The Labute approximate surface area is 81.9 Å². The van der Waals surface area contributed by atoms with E-state index < -0.39 is 0 Å². The van der Waals surface area contributed by atoms with Crippen LogP contribution in [0.2, 0.25) is 0 Å². The number of carbonyl (C=O) groups is 1. The van der Waals surface area contributed by atoms with Gasteiger partial charge in [0, 0.05) is 0 Å². The maximum atomic E-state index is 11.3. The van der Waals surface area contributed by atoms with E-state index in [4.69, 9.17) is 10.00 Å². The molecule has 2 rings (SSSR count). The van der Waals surface area contributed by atoms with Gasteiger partial charge in [0.1, 0.15) is 5.75 Å². The molecule has 0 spiro atoms. The molecule has 3 nitrogen and oxygen atoms in total. The molecule has 14 heavy (non-hydrogen) atoms. The Hall–Kier alpha value is -1.82. The molecule has 1 aliphatic carbocycles. The molecule has 0 radical (unpaired) electrons. The minimum Gasteiger partial charge on any atom is -0.426 e. The number of esters is 1. The largest absolute Gasteiger partial charge is 0.426 e. The number of hydrogen-bond acceptors (Lipinski definition) is 3. The van der Waals surface area contributed by atoms with Crippen molar-refractivity contribution in [2.24, 2.45) is 5.92 Å². The summed E-state index contributed by atoms with van der Waals surface area (Å²) in [5.74, 6) is 0.363. The molecule has 70 valence electrons. The maximum Gasteiger partial charge on any atom is 0.314 e. The summed E-state index contributed by atoms with van der Waals surface area (Å²) in [7, 11) is 0. The van der Waals surface area contributed by atoms with Gasteiger partial charge in [0.2, 0.25) is 0 Å². The van der Waals surface area contributed by atoms with Crippen LogP contribution in [-0.2, 0) is 4.79 Å². The highest BCUT2D eigenvalue weighted by Gasteiger charge is 2.31. The number of nitrogens with zero attached hydrogens (tertiary/aromatic N) is 1. The molecule has 1 fully saturated rings. The fraction of sp³-hybridized carbons (Fsp3) is 0.273. The van der Waals surface area contributed by atoms with Gasteiger partial charge in [0.15, 0.2) is 0 Å². The molecule has 0 amide bonds. The maximum absolute atomic E-state index is 11.3. The predicted octanol–water partition coefficient (Wildman–Crippen LogP) is 1.87. The Bertz CT molecular complexity index is 402. The molecule has 0 heterocycles. The van der Waals surface area contributed by atoms with Crippen molar-refractivity contribution in [1.29, 1.82) is 5.26 Å². The van der Waals surface area contributed by atoms with Crippen LogP contribution >= 0.6 is 0 Å². The standard InChI is InChI=1S/C11H9NO2/c12-7-8-2-1-3-10(6-8)14-11(13)9-4-5-9/h1-3,6,9H,4-5H2. The van der Waals surface area contributed by atoms with Crippen molar-refractivity contribution in [2.75, 3.05) is 0 Å². The van der Waals surface area contributed by atoms with E-state index in [0.717, 1.165) is 12.8 Å². The lowest BCUT2D eigenvalue weighted by molar-refractivity contribution is -0.135. The fourth-order valence-electron chi connectivity index (χ4n) is 1.15. The first-order chi connectivity index (χ1) is 6.79. The summed E-state index contributed by atoms with van der Waals surface area (Å²) in [5, 5.41) is 8.63. The lowest BCUT2D eigenvalue weighted by Crippen LogP contribution is -2.09. The fourth-order valence-corrected chi connectivity index (χ4v) is 1.15. The Morgan fingerprint density at radius 1 is 1.50 bits per heavy atom. The summed E-state index contributed by atoms with van der Waals surface area (Å²) in [6.07, 6.45) is 1.85. The third-order valence-corrected chi connectivity index (χ3v) is 2.09. The molecular formula is C11H9NO2. The summed E-state index contributed by atoms with van der Waals surface area (Å²) in [4.78, 5) is 11.3. The molecule has 1 aromatic rings. The van der Waals surface area contributed by atoms with Crippen LogP contribution in [0, 0.1) is 17.2 Å². The average molecular weight is 187 g/mol. The van der Waals surface area contributed by atoms with Crippen molar-refractivity contribution >= 4 is 5.97 Å². The van der Waals surface area contributed by atoms with E-state index in [1.807, 2.05) is 6.07 Å². The topological polar surface area (TPSA) is 50.1 Å². The van der Waals surface area contributed by atoms with Crippen molar-refractivity contribution < 1.29 is 9.53 Å². The first kappa shape index (κ1) is 8.76. The summed E-state index contributed by atoms with van der Waals surface area (Å²) < 4.78 is 5.09. The molecule has 1 aliphatic rings. The van der Waals surface area contributed by atoms with E-state index in [9.17, 15) is 4.79 Å². The first-order valence-electron chi connectivity index (χ1n) is 4.51. The molecule has 0 bridgehead atoms. The Morgan fingerprint density at radius 2 is 2.29 bits per heavy atom. The van der Waals surface area contributed by atoms with Crippen molar-refractivity contribution in [1.82, 2.24) is 0 Å². The van der Waals surface area contributed by atoms with E-state index in [0.29, 0.717) is 11.3 Å². The molecule has 0 unspecified atom stereocenters. The molecule has 0 atom stereocenters. The van der Waals surface area contributed by atoms with Gasteiger partial charge < -0.3 is 4.74 Å². The lowest BCUT2D eigenvalue weighted by atomic mass is 10.2. The van der Waals surface area contributed by atoms with Crippen LogP contribution < -0.4 is 4.74 Å². The summed E-state index contributed by atoms with van der Waals surface area (Å²) >= 11 is 0. The SMILES string of the molecule is N#Cc1cccc(OC(=O)C2CC2)c1. The number of ether oxygens (including phenoxy) is 1. The van der Waals surface area contributed by atoms with Gasteiger partial charge in [-0.1, -0.05) is 6.07 Å². The number of benzene rings is 1. The zero-order valence-corrected chi connectivity index (χ0v) is 7.56. The molecule has 1 aromatic carbocycles. The summed E-state index contributed by atoms with van der Waals surface area (Å²) in [5.41, 5.74) is 0.506. The summed E-state index contributed by atoms with van der Waals surface area (Å²) in [6, 6.07) is 8.62. The third-order valence-electron chi connectivity index (χ3n) is 2.09. The minimum atomic E-state index is -0.180. The van der Waals surface area contributed by atoms with Crippen LogP contribution in [0.4, 0.5) is 0 Å². The van der Waals surface area contributed by atoms with Crippen molar-refractivity contribution in [2.45, 2.75) is 12.8 Å². The highest BCUT2D eigenvalue weighted by atomic mass is 16.5. The number of nitriles is 1. The highest BCUT2D eigenvalue weighted by molar-refractivity contribution is 5.77. The molecule has 0 aromatic heterocycles. The zero-order chi connectivity index (χ0) is 9.97. The van der Waals surface area contributed by atoms with Gasteiger partial charge in [0.25, 0.3) is 0 Å². The van der Waals surface area contributed by atoms with Gasteiger partial charge in [-0.05, 0) is 31.0 Å². The first-order valence-corrected chi connectivity index (χ1v) is 4.51. The monoisotopic (exact) mass is 187 g/mol. The van der Waals surface area contributed by atoms with Gasteiger partial charge in [-0.15, -0.1) is 0 Å². The van der Waals surface area contributed by atoms with Gasteiger partial charge in [0.05, 0.1) is 17.6 Å². The lowest BCUT2D eigenvalue weighted by Gasteiger charge is -2.02. The van der Waals surface area contributed by atoms with Crippen LogP contribution in [0.5, 0.6) is 5.75 Å². The van der Waals surface area contributed by atoms with E-state index in [-0.39, 0.29) is 11.9 Å². The van der Waals surface area contributed by atoms with Crippen LogP contribution in [0.1, 0.15) is 18.4 Å². The molecular weight excluding hydrogens is 178 g/mol. The second-order valence-electron chi connectivity index (χ2n) is 3.34. The number of carbonyl (C=O) groups excluding carboxylic acids is 1. The molecule has 0 aliphatic heterocycles. The Balaban J connectivity index is 2.08. The van der Waals surface area contributed by atoms with Crippen LogP contribution in [0.15, 0.2) is 24.3 Å². The predicted molar refractivity (Wildman–Crippen MR) is 49.5 cm³/mol. The minimum absolute atomic E-state index is 0.0840. The third kappa shape index (κ3) is 1.91. The molecule has 0 N–H and O–H groups in total. The second-order valence-corrected chi connectivity index (χ2v) is 3.34. The zero-order valence-electron chi connectivity index (χ0n) is 7.56. The van der Waals surface area contributed by atoms with E-state index in [2.05, 4.69) is 0 Å². The van der Waals surface area contributed by atoms with Crippen molar-refractivity contribution in [3.05, 3.63) is 29.8 Å². The van der Waals surface area contributed by atoms with Crippen molar-refractivity contribution in [3.63, 3.8) is 0 Å². The normalized spacial score (nSPS) is 14.5. The second kappa shape index (κ2) is 3.51. The number of hydrogen-bond donors (Lipinski definition) is 0.